The standard InChI is InChI=1S/C8H13BrF3NO/c1-7(9)5-13-3-2-4-14-6-8(10,11)12/h13H,1-6H2. The normalized spacial score (nSPS) is 11.7. The monoisotopic (exact) mass is 275 g/mol. The van der Waals surface area contributed by atoms with Crippen LogP contribution in [0.15, 0.2) is 11.1 Å². The van der Waals surface area contributed by atoms with Crippen molar-refractivity contribution in [3.8, 4) is 0 Å². The first-order valence-electron chi connectivity index (χ1n) is 4.10. The molecule has 0 aromatic rings. The van der Waals surface area contributed by atoms with Crippen LogP contribution < -0.4 is 5.32 Å². The second-order valence-electron chi connectivity index (χ2n) is 2.72. The number of nitrogens with one attached hydrogen (secondary N) is 1. The Balaban J connectivity index is 3.11. The van der Waals surface area contributed by atoms with E-state index in [9.17, 15) is 13.2 Å². The number of rotatable bonds is 7. The Morgan fingerprint density at radius 3 is 2.57 bits per heavy atom. The van der Waals surface area contributed by atoms with Crippen LogP contribution in [0.2, 0.25) is 0 Å². The molecule has 0 bridgehead atoms. The fourth-order valence-corrected chi connectivity index (χ4v) is 0.909. The van der Waals surface area contributed by atoms with Gasteiger partial charge < -0.3 is 10.1 Å². The van der Waals surface area contributed by atoms with Gasteiger partial charge in [-0.2, -0.15) is 13.2 Å². The molecule has 0 aromatic heterocycles. The molecule has 0 aliphatic carbocycles. The fraction of sp³-hybridized carbons (Fsp3) is 0.750. The van der Waals surface area contributed by atoms with Crippen LogP contribution in [0.3, 0.4) is 0 Å². The Kier molecular flexibility index (Phi) is 7.22. The third-order valence-electron chi connectivity index (χ3n) is 1.22. The maximum Gasteiger partial charge on any atom is 0.411 e. The summed E-state index contributed by atoms with van der Waals surface area (Å²) in [5, 5.41) is 2.97. The third kappa shape index (κ3) is 11.9. The molecule has 0 unspecified atom stereocenters. The van der Waals surface area contributed by atoms with Crippen molar-refractivity contribution in [2.24, 2.45) is 0 Å². The lowest BCUT2D eigenvalue weighted by molar-refractivity contribution is -0.173. The van der Waals surface area contributed by atoms with Gasteiger partial charge in [-0.3, -0.25) is 0 Å². The first kappa shape index (κ1) is 13.9. The quantitative estimate of drug-likeness (QED) is 0.721. The lowest BCUT2D eigenvalue weighted by Gasteiger charge is -2.07. The zero-order valence-electron chi connectivity index (χ0n) is 7.66. The summed E-state index contributed by atoms with van der Waals surface area (Å²) in [6.07, 6.45) is -3.67. The van der Waals surface area contributed by atoms with Crippen LogP contribution in [0.5, 0.6) is 0 Å². The molecule has 84 valence electrons. The maximum absolute atomic E-state index is 11.6. The van der Waals surface area contributed by atoms with Crippen molar-refractivity contribution in [2.45, 2.75) is 12.6 Å². The van der Waals surface area contributed by atoms with E-state index in [1.807, 2.05) is 0 Å². The molecule has 0 radical (unpaired) electrons. The van der Waals surface area contributed by atoms with Gasteiger partial charge in [-0.05, 0) is 13.0 Å². The first-order chi connectivity index (χ1) is 6.42. The summed E-state index contributed by atoms with van der Waals surface area (Å²) >= 11 is 3.15. The minimum atomic E-state index is -4.22. The molecule has 14 heavy (non-hydrogen) atoms. The van der Waals surface area contributed by atoms with E-state index < -0.39 is 12.8 Å². The zero-order chi connectivity index (χ0) is 11.0. The number of alkyl halides is 3. The molecule has 1 N–H and O–H groups in total. The molecule has 0 rings (SSSR count). The van der Waals surface area contributed by atoms with Crippen LogP contribution in [0.25, 0.3) is 0 Å². The van der Waals surface area contributed by atoms with E-state index >= 15 is 0 Å². The zero-order valence-corrected chi connectivity index (χ0v) is 9.25. The summed E-state index contributed by atoms with van der Waals surface area (Å²) < 4.78 is 40.0. The van der Waals surface area contributed by atoms with Crippen molar-refractivity contribution in [3.63, 3.8) is 0 Å². The van der Waals surface area contributed by atoms with Crippen molar-refractivity contribution in [1.82, 2.24) is 5.32 Å². The highest BCUT2D eigenvalue weighted by Gasteiger charge is 2.26. The molecule has 0 heterocycles. The number of hydrogen-bond donors (Lipinski definition) is 1. The summed E-state index contributed by atoms with van der Waals surface area (Å²) in [5.41, 5.74) is 0. The van der Waals surface area contributed by atoms with Gasteiger partial charge in [0.2, 0.25) is 0 Å². The number of hydrogen-bond acceptors (Lipinski definition) is 2. The lowest BCUT2D eigenvalue weighted by Crippen LogP contribution is -2.21. The first-order valence-corrected chi connectivity index (χ1v) is 4.89. The minimum absolute atomic E-state index is 0.112. The molecule has 2 nitrogen and oxygen atoms in total. The second kappa shape index (κ2) is 7.25. The van der Waals surface area contributed by atoms with Gasteiger partial charge in [-0.25, -0.2) is 0 Å². The molecule has 0 saturated heterocycles. The van der Waals surface area contributed by atoms with E-state index in [1.165, 1.54) is 0 Å². The molecule has 0 fully saturated rings. The van der Waals surface area contributed by atoms with Gasteiger partial charge in [0.1, 0.15) is 6.61 Å². The molecule has 0 saturated carbocycles. The van der Waals surface area contributed by atoms with Crippen LogP contribution in [0, 0.1) is 0 Å². The topological polar surface area (TPSA) is 21.3 Å². The maximum atomic E-state index is 11.6. The predicted molar refractivity (Wildman–Crippen MR) is 52.4 cm³/mol. The number of halogens is 4. The molecule has 0 atom stereocenters. The Bertz CT molecular complexity index is 172. The lowest BCUT2D eigenvalue weighted by atomic mass is 10.4. The summed E-state index contributed by atoms with van der Waals surface area (Å²) in [7, 11) is 0. The molecule has 0 aliphatic rings. The van der Waals surface area contributed by atoms with Crippen LogP contribution >= 0.6 is 15.9 Å². The molecule has 6 heteroatoms. The molecular weight excluding hydrogens is 263 g/mol. The highest BCUT2D eigenvalue weighted by Crippen LogP contribution is 2.14. The summed E-state index contributed by atoms with van der Waals surface area (Å²) in [5.74, 6) is 0. The van der Waals surface area contributed by atoms with E-state index in [0.717, 1.165) is 4.48 Å². The van der Waals surface area contributed by atoms with E-state index in [2.05, 4.69) is 32.6 Å². The van der Waals surface area contributed by atoms with Gasteiger partial charge in [0.15, 0.2) is 0 Å². The van der Waals surface area contributed by atoms with Gasteiger partial charge in [0.05, 0.1) is 0 Å². The van der Waals surface area contributed by atoms with E-state index in [-0.39, 0.29) is 6.61 Å². The predicted octanol–water partition coefficient (Wildman–Crippen LogP) is 2.45. The molecule has 0 aromatic carbocycles. The van der Waals surface area contributed by atoms with Gasteiger partial charge in [0, 0.05) is 17.6 Å². The SMILES string of the molecule is C=C(Br)CNCCCOCC(F)(F)F. The minimum Gasteiger partial charge on any atom is -0.372 e. The molecule has 0 spiro atoms. The molecule has 0 amide bonds. The van der Waals surface area contributed by atoms with Crippen LogP contribution in [0.4, 0.5) is 13.2 Å². The van der Waals surface area contributed by atoms with Gasteiger partial charge in [-0.1, -0.05) is 22.5 Å². The highest BCUT2D eigenvalue weighted by atomic mass is 79.9. The van der Waals surface area contributed by atoms with Crippen molar-refractivity contribution >= 4 is 15.9 Å². The summed E-state index contributed by atoms with van der Waals surface area (Å²) in [4.78, 5) is 0. The Morgan fingerprint density at radius 1 is 1.43 bits per heavy atom. The fourth-order valence-electron chi connectivity index (χ4n) is 0.711. The molecule has 0 aliphatic heterocycles. The van der Waals surface area contributed by atoms with Crippen molar-refractivity contribution < 1.29 is 17.9 Å². The summed E-state index contributed by atoms with van der Waals surface area (Å²) in [6, 6.07) is 0. The average molecular weight is 276 g/mol. The Labute approximate surface area is 89.6 Å². The van der Waals surface area contributed by atoms with E-state index in [0.29, 0.717) is 19.5 Å². The summed E-state index contributed by atoms with van der Waals surface area (Å²) in [6.45, 7) is 3.76. The highest BCUT2D eigenvalue weighted by molar-refractivity contribution is 9.11. The molecular formula is C8H13BrF3NO. The average Bonchev–Trinajstić information content (AvgIpc) is 2.00. The van der Waals surface area contributed by atoms with Crippen molar-refractivity contribution in [2.75, 3.05) is 26.3 Å². The largest absolute Gasteiger partial charge is 0.411 e. The van der Waals surface area contributed by atoms with Gasteiger partial charge >= 0.3 is 6.18 Å². The van der Waals surface area contributed by atoms with Crippen molar-refractivity contribution in [1.29, 1.82) is 0 Å². The van der Waals surface area contributed by atoms with Gasteiger partial charge in [0.25, 0.3) is 0 Å². The van der Waals surface area contributed by atoms with Crippen LogP contribution in [-0.4, -0.2) is 32.5 Å². The third-order valence-corrected chi connectivity index (χ3v) is 1.51. The van der Waals surface area contributed by atoms with Gasteiger partial charge in [-0.15, -0.1) is 0 Å². The van der Waals surface area contributed by atoms with E-state index in [1.54, 1.807) is 0 Å². The Hall–Kier alpha value is -0.0700. The van der Waals surface area contributed by atoms with Crippen LogP contribution in [0.1, 0.15) is 6.42 Å². The van der Waals surface area contributed by atoms with E-state index in [4.69, 9.17) is 0 Å². The Morgan fingerprint density at radius 2 is 2.07 bits per heavy atom. The second-order valence-corrected chi connectivity index (χ2v) is 3.84. The number of ether oxygens (including phenoxy) is 1. The van der Waals surface area contributed by atoms with Crippen LogP contribution in [-0.2, 0) is 4.74 Å². The van der Waals surface area contributed by atoms with Crippen molar-refractivity contribution in [3.05, 3.63) is 11.1 Å². The smallest absolute Gasteiger partial charge is 0.372 e.